The fourth-order valence-electron chi connectivity index (χ4n) is 1.27. The average molecular weight is 212 g/mol. The summed E-state index contributed by atoms with van der Waals surface area (Å²) in [6.45, 7) is 2.27. The maximum Gasteiger partial charge on any atom is 0.0463 e. The highest BCUT2D eigenvalue weighted by atomic mass is 79.9. The maximum atomic E-state index is 6.02. The molecule has 0 aliphatic heterocycles. The van der Waals surface area contributed by atoms with Gasteiger partial charge in [-0.2, -0.15) is 0 Å². The molecular formula is C7H12BrCl. The summed E-state index contributed by atoms with van der Waals surface area (Å²) in [4.78, 5) is 0.565. The molecule has 0 radical (unpaired) electrons. The normalized spacial score (nSPS) is 45.0. The van der Waals surface area contributed by atoms with Gasteiger partial charge in [0, 0.05) is 10.2 Å². The predicted molar refractivity (Wildman–Crippen MR) is 45.4 cm³/mol. The Labute approximate surface area is 70.1 Å². The van der Waals surface area contributed by atoms with Gasteiger partial charge in [-0.1, -0.05) is 22.9 Å². The molecule has 9 heavy (non-hydrogen) atoms. The van der Waals surface area contributed by atoms with Crippen molar-refractivity contribution in [1.29, 1.82) is 0 Å². The van der Waals surface area contributed by atoms with Crippen LogP contribution in [0.25, 0.3) is 0 Å². The standard InChI is InChI=1S/C7H12BrCl/c1-5-2-3-6(8)7(9)4-5/h5-7H,2-4H2,1H3. The zero-order valence-electron chi connectivity index (χ0n) is 5.61. The molecule has 1 fully saturated rings. The highest BCUT2D eigenvalue weighted by Crippen LogP contribution is 2.31. The zero-order valence-corrected chi connectivity index (χ0v) is 7.95. The number of hydrogen-bond acceptors (Lipinski definition) is 0. The number of alkyl halides is 2. The number of hydrogen-bond donors (Lipinski definition) is 0. The third-order valence-electron chi connectivity index (χ3n) is 1.96. The van der Waals surface area contributed by atoms with E-state index in [0.29, 0.717) is 10.2 Å². The summed E-state index contributed by atoms with van der Waals surface area (Å²) in [5, 5.41) is 0.369. The third-order valence-corrected chi connectivity index (χ3v) is 3.84. The molecule has 1 rings (SSSR count). The second-order valence-electron chi connectivity index (χ2n) is 2.95. The van der Waals surface area contributed by atoms with Gasteiger partial charge in [-0.15, -0.1) is 11.6 Å². The first-order valence-electron chi connectivity index (χ1n) is 3.48. The van der Waals surface area contributed by atoms with Crippen LogP contribution in [-0.4, -0.2) is 10.2 Å². The topological polar surface area (TPSA) is 0 Å². The first kappa shape index (κ1) is 7.87. The third kappa shape index (κ3) is 2.12. The van der Waals surface area contributed by atoms with E-state index in [0.717, 1.165) is 5.92 Å². The molecule has 0 saturated heterocycles. The molecule has 0 aromatic carbocycles. The quantitative estimate of drug-likeness (QED) is 0.540. The molecule has 3 unspecified atom stereocenters. The minimum absolute atomic E-state index is 0.369. The number of halogens is 2. The van der Waals surface area contributed by atoms with E-state index in [1.54, 1.807) is 0 Å². The molecule has 0 nitrogen and oxygen atoms in total. The van der Waals surface area contributed by atoms with Crippen LogP contribution in [0.5, 0.6) is 0 Å². The van der Waals surface area contributed by atoms with Crippen molar-refractivity contribution in [3.8, 4) is 0 Å². The van der Waals surface area contributed by atoms with Crippen LogP contribution in [0.4, 0.5) is 0 Å². The van der Waals surface area contributed by atoms with Gasteiger partial charge in [-0.05, 0) is 25.2 Å². The lowest BCUT2D eigenvalue weighted by Gasteiger charge is -2.26. The van der Waals surface area contributed by atoms with E-state index >= 15 is 0 Å². The van der Waals surface area contributed by atoms with E-state index in [1.807, 2.05) is 0 Å². The summed E-state index contributed by atoms with van der Waals surface area (Å²) in [6.07, 6.45) is 3.76. The Morgan fingerprint density at radius 2 is 2.11 bits per heavy atom. The molecule has 1 saturated carbocycles. The molecule has 1 aliphatic carbocycles. The average Bonchev–Trinajstić information content (AvgIpc) is 1.80. The molecular weight excluding hydrogens is 199 g/mol. The minimum atomic E-state index is 0.369. The van der Waals surface area contributed by atoms with Crippen molar-refractivity contribution in [3.05, 3.63) is 0 Å². The van der Waals surface area contributed by atoms with Gasteiger partial charge in [0.15, 0.2) is 0 Å². The van der Waals surface area contributed by atoms with Crippen molar-refractivity contribution in [2.45, 2.75) is 36.4 Å². The fraction of sp³-hybridized carbons (Fsp3) is 1.00. The molecule has 0 bridgehead atoms. The lowest BCUT2D eigenvalue weighted by molar-refractivity contribution is 0.401. The summed E-state index contributed by atoms with van der Waals surface area (Å²) in [5.74, 6) is 0.835. The first-order valence-corrected chi connectivity index (χ1v) is 4.83. The van der Waals surface area contributed by atoms with Gasteiger partial charge in [0.05, 0.1) is 0 Å². The second kappa shape index (κ2) is 3.25. The predicted octanol–water partition coefficient (Wildman–Crippen LogP) is 3.18. The van der Waals surface area contributed by atoms with Crippen LogP contribution < -0.4 is 0 Å². The van der Waals surface area contributed by atoms with E-state index in [2.05, 4.69) is 22.9 Å². The van der Waals surface area contributed by atoms with E-state index in [4.69, 9.17) is 11.6 Å². The molecule has 0 N–H and O–H groups in total. The van der Waals surface area contributed by atoms with Gasteiger partial charge in [0.2, 0.25) is 0 Å². The fourth-order valence-corrected chi connectivity index (χ4v) is 2.18. The van der Waals surface area contributed by atoms with Crippen LogP contribution in [-0.2, 0) is 0 Å². The molecule has 0 amide bonds. The molecule has 0 aromatic rings. The molecule has 0 heterocycles. The van der Waals surface area contributed by atoms with Crippen molar-refractivity contribution in [2.75, 3.05) is 0 Å². The Morgan fingerprint density at radius 3 is 2.56 bits per heavy atom. The molecule has 2 heteroatoms. The van der Waals surface area contributed by atoms with Crippen molar-refractivity contribution in [2.24, 2.45) is 5.92 Å². The lowest BCUT2D eigenvalue weighted by atomic mass is 9.90. The molecule has 1 aliphatic rings. The van der Waals surface area contributed by atoms with Gasteiger partial charge >= 0.3 is 0 Å². The van der Waals surface area contributed by atoms with Crippen molar-refractivity contribution >= 4 is 27.5 Å². The van der Waals surface area contributed by atoms with Gasteiger partial charge < -0.3 is 0 Å². The van der Waals surface area contributed by atoms with Gasteiger partial charge in [0.25, 0.3) is 0 Å². The summed E-state index contributed by atoms with van der Waals surface area (Å²) in [6, 6.07) is 0. The summed E-state index contributed by atoms with van der Waals surface area (Å²) in [5.41, 5.74) is 0. The van der Waals surface area contributed by atoms with E-state index in [9.17, 15) is 0 Å². The molecule has 3 atom stereocenters. The maximum absolute atomic E-state index is 6.02. The highest BCUT2D eigenvalue weighted by Gasteiger charge is 2.24. The Bertz CT molecular complexity index is 94.9. The highest BCUT2D eigenvalue weighted by molar-refractivity contribution is 9.09. The SMILES string of the molecule is CC1CCC(Br)C(Cl)C1. The smallest absolute Gasteiger partial charge is 0.0463 e. The summed E-state index contributed by atoms with van der Waals surface area (Å²) in [7, 11) is 0. The lowest BCUT2D eigenvalue weighted by Crippen LogP contribution is -2.23. The number of rotatable bonds is 0. The first-order chi connectivity index (χ1) is 4.20. The molecule has 54 valence electrons. The summed E-state index contributed by atoms with van der Waals surface area (Å²) < 4.78 is 0. The van der Waals surface area contributed by atoms with Gasteiger partial charge in [0.1, 0.15) is 0 Å². The van der Waals surface area contributed by atoms with Crippen molar-refractivity contribution in [3.63, 3.8) is 0 Å². The monoisotopic (exact) mass is 210 g/mol. The molecule has 0 spiro atoms. The van der Waals surface area contributed by atoms with Crippen LogP contribution in [0.1, 0.15) is 26.2 Å². The van der Waals surface area contributed by atoms with Crippen molar-refractivity contribution < 1.29 is 0 Å². The summed E-state index contributed by atoms with van der Waals surface area (Å²) >= 11 is 9.56. The Kier molecular flexibility index (Phi) is 2.84. The zero-order chi connectivity index (χ0) is 6.85. The Morgan fingerprint density at radius 1 is 1.44 bits per heavy atom. The van der Waals surface area contributed by atoms with E-state index < -0.39 is 0 Å². The van der Waals surface area contributed by atoms with Crippen LogP contribution in [0.15, 0.2) is 0 Å². The Hall–Kier alpha value is 0.770. The minimum Gasteiger partial charge on any atom is -0.122 e. The van der Waals surface area contributed by atoms with Crippen LogP contribution in [0, 0.1) is 5.92 Å². The van der Waals surface area contributed by atoms with E-state index in [1.165, 1.54) is 19.3 Å². The second-order valence-corrected chi connectivity index (χ2v) is 4.69. The van der Waals surface area contributed by atoms with E-state index in [-0.39, 0.29) is 0 Å². The largest absolute Gasteiger partial charge is 0.122 e. The van der Waals surface area contributed by atoms with Gasteiger partial charge in [-0.25, -0.2) is 0 Å². The van der Waals surface area contributed by atoms with Crippen molar-refractivity contribution in [1.82, 2.24) is 0 Å². The molecule has 0 aromatic heterocycles. The van der Waals surface area contributed by atoms with Crippen LogP contribution in [0.3, 0.4) is 0 Å². The van der Waals surface area contributed by atoms with Gasteiger partial charge in [-0.3, -0.25) is 0 Å². The van der Waals surface area contributed by atoms with Crippen LogP contribution >= 0.6 is 27.5 Å². The Balaban J connectivity index is 2.35. The van der Waals surface area contributed by atoms with Crippen LogP contribution in [0.2, 0.25) is 0 Å².